The molecular formula is C15H11N3OS. The van der Waals surface area contributed by atoms with Crippen molar-refractivity contribution < 1.29 is 0 Å². The van der Waals surface area contributed by atoms with Crippen molar-refractivity contribution in [2.75, 3.05) is 0 Å². The van der Waals surface area contributed by atoms with Crippen molar-refractivity contribution in [3.05, 3.63) is 82.0 Å². The molecule has 0 atom stereocenters. The maximum atomic E-state index is 12.0. The summed E-state index contributed by atoms with van der Waals surface area (Å²) in [6.07, 6.45) is 1.27. The Morgan fingerprint density at radius 1 is 0.850 bits per heavy atom. The summed E-state index contributed by atoms with van der Waals surface area (Å²) in [5.74, 6) is 0. The van der Waals surface area contributed by atoms with Crippen LogP contribution in [0, 0.1) is 4.77 Å². The maximum absolute atomic E-state index is 12.0. The number of benzene rings is 2. The van der Waals surface area contributed by atoms with Gasteiger partial charge in [-0.15, -0.1) is 0 Å². The molecule has 0 saturated heterocycles. The quantitative estimate of drug-likeness (QED) is 0.678. The number of hydrogen-bond donors (Lipinski definition) is 0. The topological polar surface area (TPSA) is 39.8 Å². The van der Waals surface area contributed by atoms with Gasteiger partial charge in [-0.25, -0.2) is 4.68 Å². The van der Waals surface area contributed by atoms with E-state index in [4.69, 9.17) is 12.2 Å². The lowest BCUT2D eigenvalue weighted by atomic mass is 10.3. The molecule has 0 bridgehead atoms. The van der Waals surface area contributed by atoms with Gasteiger partial charge in [0.1, 0.15) is 6.20 Å². The zero-order valence-corrected chi connectivity index (χ0v) is 11.3. The van der Waals surface area contributed by atoms with Gasteiger partial charge in [-0.1, -0.05) is 36.4 Å². The molecule has 0 radical (unpaired) electrons. The van der Waals surface area contributed by atoms with Gasteiger partial charge in [0.25, 0.3) is 5.56 Å². The van der Waals surface area contributed by atoms with Gasteiger partial charge in [-0.3, -0.25) is 9.36 Å². The minimum absolute atomic E-state index is 0.242. The third-order valence-corrected chi connectivity index (χ3v) is 3.25. The predicted molar refractivity (Wildman–Crippen MR) is 80.0 cm³/mol. The predicted octanol–water partition coefficient (Wildman–Crippen LogP) is 2.75. The molecule has 0 amide bonds. The largest absolute Gasteiger partial charge is 0.277 e. The molecule has 3 rings (SSSR count). The normalized spacial score (nSPS) is 10.4. The Kier molecular flexibility index (Phi) is 3.26. The number of nitrogens with zero attached hydrogens (tertiary/aromatic N) is 3. The Bertz CT molecular complexity index is 838. The SMILES string of the molecule is O=c1cnn(-c2ccccc2)c(=S)n1-c1ccccc1. The number of hydrogen-bond acceptors (Lipinski definition) is 3. The molecule has 0 unspecified atom stereocenters. The van der Waals surface area contributed by atoms with Crippen LogP contribution in [0.15, 0.2) is 71.7 Å². The first kappa shape index (κ1) is 12.5. The Labute approximate surface area is 120 Å². The van der Waals surface area contributed by atoms with Crippen LogP contribution in [0.1, 0.15) is 0 Å². The zero-order valence-electron chi connectivity index (χ0n) is 10.5. The fraction of sp³-hybridized carbons (Fsp3) is 0. The molecular weight excluding hydrogens is 270 g/mol. The van der Waals surface area contributed by atoms with Crippen LogP contribution in [0.3, 0.4) is 0 Å². The fourth-order valence-electron chi connectivity index (χ4n) is 1.96. The first-order chi connectivity index (χ1) is 9.77. The van der Waals surface area contributed by atoms with Gasteiger partial charge < -0.3 is 0 Å². The highest BCUT2D eigenvalue weighted by molar-refractivity contribution is 7.71. The summed E-state index contributed by atoms with van der Waals surface area (Å²) in [6.45, 7) is 0. The molecule has 4 nitrogen and oxygen atoms in total. The molecule has 0 aliphatic heterocycles. The van der Waals surface area contributed by atoms with E-state index in [0.717, 1.165) is 11.4 Å². The number of para-hydroxylation sites is 2. The Hall–Kier alpha value is -2.53. The van der Waals surface area contributed by atoms with E-state index < -0.39 is 0 Å². The van der Waals surface area contributed by atoms with Gasteiger partial charge >= 0.3 is 0 Å². The van der Waals surface area contributed by atoms with Crippen LogP contribution in [0.5, 0.6) is 0 Å². The number of aromatic nitrogens is 3. The molecule has 98 valence electrons. The van der Waals surface area contributed by atoms with Gasteiger partial charge in [-0.05, 0) is 36.5 Å². The van der Waals surface area contributed by atoms with Crippen molar-refractivity contribution in [2.24, 2.45) is 0 Å². The second-order valence-electron chi connectivity index (χ2n) is 4.18. The van der Waals surface area contributed by atoms with E-state index in [1.807, 2.05) is 60.7 Å². The molecule has 0 spiro atoms. The third kappa shape index (κ3) is 2.19. The highest BCUT2D eigenvalue weighted by Gasteiger charge is 2.06. The van der Waals surface area contributed by atoms with Crippen molar-refractivity contribution >= 4 is 12.2 Å². The maximum Gasteiger partial charge on any atom is 0.277 e. The van der Waals surface area contributed by atoms with Gasteiger partial charge in [-0.2, -0.15) is 5.10 Å². The van der Waals surface area contributed by atoms with Crippen LogP contribution in [-0.2, 0) is 0 Å². The van der Waals surface area contributed by atoms with E-state index in [2.05, 4.69) is 5.10 Å². The second-order valence-corrected chi connectivity index (χ2v) is 4.55. The molecule has 1 aromatic heterocycles. The number of rotatable bonds is 2. The molecule has 3 aromatic rings. The molecule has 0 aliphatic carbocycles. The summed E-state index contributed by atoms with van der Waals surface area (Å²) >= 11 is 5.41. The first-order valence-corrected chi connectivity index (χ1v) is 6.50. The van der Waals surface area contributed by atoms with Crippen molar-refractivity contribution in [1.82, 2.24) is 14.3 Å². The molecule has 0 saturated carbocycles. The van der Waals surface area contributed by atoms with Gasteiger partial charge in [0.05, 0.1) is 11.4 Å². The highest BCUT2D eigenvalue weighted by atomic mass is 32.1. The molecule has 2 aromatic carbocycles. The molecule has 1 heterocycles. The molecule has 20 heavy (non-hydrogen) atoms. The summed E-state index contributed by atoms with van der Waals surface area (Å²) in [7, 11) is 0. The van der Waals surface area contributed by atoms with Crippen molar-refractivity contribution in [2.45, 2.75) is 0 Å². The van der Waals surface area contributed by atoms with Crippen LogP contribution in [0.4, 0.5) is 0 Å². The first-order valence-electron chi connectivity index (χ1n) is 6.09. The van der Waals surface area contributed by atoms with Crippen molar-refractivity contribution in [3.8, 4) is 11.4 Å². The van der Waals surface area contributed by atoms with E-state index in [-0.39, 0.29) is 5.56 Å². The third-order valence-electron chi connectivity index (χ3n) is 2.89. The lowest BCUT2D eigenvalue weighted by Gasteiger charge is -2.10. The average molecular weight is 281 g/mol. The lowest BCUT2D eigenvalue weighted by Crippen LogP contribution is -2.23. The Morgan fingerprint density at radius 3 is 2.00 bits per heavy atom. The monoisotopic (exact) mass is 281 g/mol. The van der Waals surface area contributed by atoms with Crippen LogP contribution in [-0.4, -0.2) is 14.3 Å². The minimum atomic E-state index is -0.242. The highest BCUT2D eigenvalue weighted by Crippen LogP contribution is 2.09. The van der Waals surface area contributed by atoms with Crippen LogP contribution in [0.2, 0.25) is 0 Å². The van der Waals surface area contributed by atoms with Crippen LogP contribution in [0.25, 0.3) is 11.4 Å². The summed E-state index contributed by atoms with van der Waals surface area (Å²) in [6, 6.07) is 18.8. The Balaban J connectivity index is 2.28. The smallest absolute Gasteiger partial charge is 0.267 e. The minimum Gasteiger partial charge on any atom is -0.267 e. The van der Waals surface area contributed by atoms with Crippen molar-refractivity contribution in [1.29, 1.82) is 0 Å². The molecule has 5 heteroatoms. The summed E-state index contributed by atoms with van der Waals surface area (Å²) < 4.78 is 3.38. The van der Waals surface area contributed by atoms with E-state index >= 15 is 0 Å². The molecule has 0 fully saturated rings. The molecule has 0 aliphatic rings. The van der Waals surface area contributed by atoms with Gasteiger partial charge in [0.2, 0.25) is 4.77 Å². The standard InChI is InChI=1S/C15H11N3OS/c19-14-11-16-18(13-9-5-2-6-10-13)15(20)17(14)12-7-3-1-4-8-12/h1-11H. The molecule has 0 N–H and O–H groups in total. The van der Waals surface area contributed by atoms with E-state index in [1.165, 1.54) is 10.8 Å². The summed E-state index contributed by atoms with van der Waals surface area (Å²) in [5.41, 5.74) is 1.31. The summed E-state index contributed by atoms with van der Waals surface area (Å²) in [4.78, 5) is 12.0. The lowest BCUT2D eigenvalue weighted by molar-refractivity contribution is 0.728. The summed E-state index contributed by atoms with van der Waals surface area (Å²) in [5, 5.41) is 4.11. The van der Waals surface area contributed by atoms with Crippen molar-refractivity contribution in [3.63, 3.8) is 0 Å². The second kappa shape index (κ2) is 5.22. The van der Waals surface area contributed by atoms with E-state index in [0.29, 0.717) is 4.77 Å². The van der Waals surface area contributed by atoms with E-state index in [1.54, 1.807) is 4.68 Å². The zero-order chi connectivity index (χ0) is 13.9. The van der Waals surface area contributed by atoms with Gasteiger partial charge in [0, 0.05) is 0 Å². The average Bonchev–Trinajstić information content (AvgIpc) is 2.49. The Morgan fingerprint density at radius 2 is 1.40 bits per heavy atom. The van der Waals surface area contributed by atoms with Crippen LogP contribution < -0.4 is 5.56 Å². The fourth-order valence-corrected chi connectivity index (χ4v) is 2.31. The van der Waals surface area contributed by atoms with Gasteiger partial charge in [0.15, 0.2) is 0 Å². The van der Waals surface area contributed by atoms with E-state index in [9.17, 15) is 4.79 Å². The van der Waals surface area contributed by atoms with Crippen LogP contribution >= 0.6 is 12.2 Å².